The summed E-state index contributed by atoms with van der Waals surface area (Å²) < 4.78 is 0. The molecule has 2 rings (SSSR count). The van der Waals surface area contributed by atoms with Crippen molar-refractivity contribution in [2.24, 2.45) is 11.8 Å². The molecule has 0 N–H and O–H groups in total. The van der Waals surface area contributed by atoms with E-state index in [0.29, 0.717) is 11.1 Å². The summed E-state index contributed by atoms with van der Waals surface area (Å²) in [7, 11) is 0. The van der Waals surface area contributed by atoms with E-state index in [0.717, 1.165) is 11.8 Å². The lowest BCUT2D eigenvalue weighted by molar-refractivity contribution is -0.0365. The Hall–Kier alpha value is -0.0800. The molecule has 0 saturated carbocycles. The predicted octanol–water partition coefficient (Wildman–Crippen LogP) is 2.84. The van der Waals surface area contributed by atoms with Gasteiger partial charge in [0.05, 0.1) is 0 Å². The van der Waals surface area contributed by atoms with Gasteiger partial charge in [0.1, 0.15) is 0 Å². The second-order valence-electron chi connectivity index (χ2n) is 8.12. The highest BCUT2D eigenvalue weighted by Crippen LogP contribution is 2.34. The Balaban J connectivity index is 1.64. The molecule has 2 aliphatic heterocycles. The van der Waals surface area contributed by atoms with Crippen LogP contribution in [0, 0.1) is 11.8 Å². The van der Waals surface area contributed by atoms with Crippen LogP contribution < -0.4 is 0 Å². The second-order valence-corrected chi connectivity index (χ2v) is 8.12. The van der Waals surface area contributed by atoms with E-state index in [2.05, 4.69) is 51.3 Å². The molecule has 0 bridgehead atoms. The highest BCUT2D eigenvalue weighted by atomic mass is 15.3. The zero-order valence-corrected chi connectivity index (χ0v) is 12.6. The van der Waals surface area contributed by atoms with Crippen molar-refractivity contribution in [3.8, 4) is 0 Å². The number of hydrogen-bond acceptors (Lipinski definition) is 2. The van der Waals surface area contributed by atoms with E-state index in [1.807, 2.05) is 0 Å². The Morgan fingerprint density at radius 3 is 1.24 bits per heavy atom. The molecule has 2 heteroatoms. The van der Waals surface area contributed by atoms with Crippen molar-refractivity contribution in [2.45, 2.75) is 59.0 Å². The van der Waals surface area contributed by atoms with Gasteiger partial charge >= 0.3 is 0 Å². The Morgan fingerprint density at radius 1 is 0.706 bits per heavy atom. The molecule has 0 aromatic heterocycles. The maximum Gasteiger partial charge on any atom is 0.0125 e. The fraction of sp³-hybridized carbons (Fsp3) is 1.00. The molecule has 0 aromatic rings. The molecule has 2 fully saturated rings. The molecular formula is C15H30N2. The third kappa shape index (κ3) is 3.03. The lowest BCUT2D eigenvalue weighted by Gasteiger charge is -2.52. The van der Waals surface area contributed by atoms with E-state index in [9.17, 15) is 0 Å². The molecular weight excluding hydrogens is 208 g/mol. The summed E-state index contributed by atoms with van der Waals surface area (Å²) in [6.07, 6.45) is 1.46. The molecule has 0 spiro atoms. The number of likely N-dealkylation sites (tertiary alicyclic amines) is 2. The van der Waals surface area contributed by atoms with Crippen molar-refractivity contribution in [1.82, 2.24) is 9.80 Å². The van der Waals surface area contributed by atoms with Gasteiger partial charge in [-0.05, 0) is 59.8 Å². The van der Waals surface area contributed by atoms with Crippen LogP contribution in [0.2, 0.25) is 0 Å². The van der Waals surface area contributed by atoms with Crippen LogP contribution in [0.25, 0.3) is 0 Å². The molecule has 0 amide bonds. The number of hydrogen-bond donors (Lipinski definition) is 0. The summed E-state index contributed by atoms with van der Waals surface area (Å²) in [6.45, 7) is 19.3. The van der Waals surface area contributed by atoms with E-state index >= 15 is 0 Å². The van der Waals surface area contributed by atoms with E-state index in [-0.39, 0.29) is 0 Å². The average Bonchev–Trinajstić information content (AvgIpc) is 1.91. The topological polar surface area (TPSA) is 6.48 Å². The van der Waals surface area contributed by atoms with Crippen LogP contribution in [0.3, 0.4) is 0 Å². The van der Waals surface area contributed by atoms with Crippen molar-refractivity contribution in [3.63, 3.8) is 0 Å². The van der Waals surface area contributed by atoms with Crippen molar-refractivity contribution >= 4 is 0 Å². The maximum atomic E-state index is 2.61. The van der Waals surface area contributed by atoms with Crippen LogP contribution >= 0.6 is 0 Å². The summed E-state index contributed by atoms with van der Waals surface area (Å²) in [6, 6.07) is 0. The van der Waals surface area contributed by atoms with Crippen LogP contribution in [0.5, 0.6) is 0 Å². The van der Waals surface area contributed by atoms with Crippen molar-refractivity contribution in [3.05, 3.63) is 0 Å². The highest BCUT2D eigenvalue weighted by molar-refractivity contribution is 4.94. The Bertz CT molecular complexity index is 232. The minimum Gasteiger partial charge on any atom is -0.298 e. The largest absolute Gasteiger partial charge is 0.298 e. The van der Waals surface area contributed by atoms with Gasteiger partial charge in [-0.25, -0.2) is 0 Å². The lowest BCUT2D eigenvalue weighted by atomic mass is 9.81. The van der Waals surface area contributed by atoms with Gasteiger partial charge in [-0.2, -0.15) is 0 Å². The first kappa shape index (κ1) is 13.4. The summed E-state index contributed by atoms with van der Waals surface area (Å²) in [4.78, 5) is 5.22. The van der Waals surface area contributed by atoms with Crippen molar-refractivity contribution in [2.75, 3.05) is 26.2 Å². The first-order valence-electron chi connectivity index (χ1n) is 7.16. The van der Waals surface area contributed by atoms with Crippen molar-refractivity contribution in [1.29, 1.82) is 0 Å². The molecule has 0 radical (unpaired) electrons. The second kappa shape index (κ2) is 4.24. The van der Waals surface area contributed by atoms with E-state index < -0.39 is 0 Å². The summed E-state index contributed by atoms with van der Waals surface area (Å²) >= 11 is 0. The van der Waals surface area contributed by atoms with Crippen LogP contribution in [0.4, 0.5) is 0 Å². The predicted molar refractivity (Wildman–Crippen MR) is 74.2 cm³/mol. The Morgan fingerprint density at radius 2 is 1.00 bits per heavy atom. The van der Waals surface area contributed by atoms with Crippen LogP contribution in [0.1, 0.15) is 48.0 Å². The first-order valence-corrected chi connectivity index (χ1v) is 7.16. The van der Waals surface area contributed by atoms with Gasteiger partial charge in [0, 0.05) is 37.3 Å². The fourth-order valence-electron chi connectivity index (χ4n) is 3.00. The molecule has 0 aromatic carbocycles. The maximum absolute atomic E-state index is 2.61. The lowest BCUT2D eigenvalue weighted by Crippen LogP contribution is -2.60. The standard InChI is InChI=1S/C15H30N2/c1-14(2,3)16-8-12(9-16)7-13-10-17(11-13)15(4,5)6/h12-13H,7-11H2,1-6H3. The van der Waals surface area contributed by atoms with E-state index in [1.54, 1.807) is 0 Å². The number of nitrogens with zero attached hydrogens (tertiary/aromatic N) is 2. The normalized spacial score (nSPS) is 25.8. The SMILES string of the molecule is CC(C)(C)N1CC(CC2CN(C(C)(C)C)C2)C1. The summed E-state index contributed by atoms with van der Waals surface area (Å²) in [5.74, 6) is 1.95. The molecule has 17 heavy (non-hydrogen) atoms. The van der Waals surface area contributed by atoms with Crippen LogP contribution in [-0.4, -0.2) is 47.1 Å². The minimum absolute atomic E-state index is 0.382. The molecule has 0 aliphatic carbocycles. The summed E-state index contributed by atoms with van der Waals surface area (Å²) in [5, 5.41) is 0. The average molecular weight is 238 g/mol. The molecule has 2 nitrogen and oxygen atoms in total. The zero-order valence-electron chi connectivity index (χ0n) is 12.6. The fourth-order valence-corrected chi connectivity index (χ4v) is 3.00. The monoisotopic (exact) mass is 238 g/mol. The summed E-state index contributed by atoms with van der Waals surface area (Å²) in [5.41, 5.74) is 0.765. The molecule has 2 heterocycles. The van der Waals surface area contributed by atoms with Gasteiger partial charge in [-0.1, -0.05) is 0 Å². The van der Waals surface area contributed by atoms with Gasteiger partial charge in [-0.3, -0.25) is 9.80 Å². The van der Waals surface area contributed by atoms with Gasteiger partial charge in [0.2, 0.25) is 0 Å². The van der Waals surface area contributed by atoms with Crippen molar-refractivity contribution < 1.29 is 0 Å². The first-order chi connectivity index (χ1) is 7.66. The van der Waals surface area contributed by atoms with Gasteiger partial charge in [0.25, 0.3) is 0 Å². The molecule has 2 saturated heterocycles. The molecule has 0 unspecified atom stereocenters. The van der Waals surface area contributed by atoms with Gasteiger partial charge in [0.15, 0.2) is 0 Å². The molecule has 100 valence electrons. The smallest absolute Gasteiger partial charge is 0.0125 e. The Kier molecular flexibility index (Phi) is 3.33. The van der Waals surface area contributed by atoms with E-state index in [1.165, 1.54) is 32.6 Å². The Labute approximate surface area is 107 Å². The van der Waals surface area contributed by atoms with Crippen LogP contribution in [0.15, 0.2) is 0 Å². The quantitative estimate of drug-likeness (QED) is 0.730. The van der Waals surface area contributed by atoms with Gasteiger partial charge < -0.3 is 0 Å². The van der Waals surface area contributed by atoms with E-state index in [4.69, 9.17) is 0 Å². The molecule has 0 atom stereocenters. The highest BCUT2D eigenvalue weighted by Gasteiger charge is 2.39. The molecule has 2 aliphatic rings. The zero-order chi connectivity index (χ0) is 12.8. The minimum atomic E-state index is 0.382. The third-order valence-corrected chi connectivity index (χ3v) is 4.48. The van der Waals surface area contributed by atoms with Crippen LogP contribution in [-0.2, 0) is 0 Å². The third-order valence-electron chi connectivity index (χ3n) is 4.48. The van der Waals surface area contributed by atoms with Gasteiger partial charge in [-0.15, -0.1) is 0 Å². The number of rotatable bonds is 2.